The zero-order valence-electron chi connectivity index (χ0n) is 19.1. The summed E-state index contributed by atoms with van der Waals surface area (Å²) in [6, 6.07) is 18.9. The molecule has 7 nitrogen and oxygen atoms in total. The number of thiophene rings is 1. The number of fused-ring (bicyclic) bond motifs is 3. The molecule has 1 saturated heterocycles. The van der Waals surface area contributed by atoms with Crippen LogP contribution in [0.3, 0.4) is 0 Å². The number of carboxylic acid groups (broad SMARTS) is 1. The predicted octanol–water partition coefficient (Wildman–Crippen LogP) is 4.65. The Morgan fingerprint density at radius 2 is 1.71 bits per heavy atom. The Morgan fingerprint density at radius 1 is 1.03 bits per heavy atom. The van der Waals surface area contributed by atoms with E-state index in [1.807, 2.05) is 35.7 Å². The Balaban J connectivity index is 1.29. The van der Waals surface area contributed by atoms with Crippen LogP contribution in [0.15, 0.2) is 66.0 Å². The van der Waals surface area contributed by atoms with E-state index in [0.29, 0.717) is 24.3 Å². The molecule has 2 amide bonds. The standard InChI is InChI=1S/C27H26N2O5S/c30-25(29-13-5-7-17(15-29)26(31)32)24(23-12-6-14-35-23)28-27(33)34-16-22-20-10-3-1-8-18(20)19-9-2-4-11-21(19)22/h1-4,6,8-12,14,17,22,24H,5,7,13,15-16H2,(H,28,33)(H,31,32). The molecular formula is C27H26N2O5S. The van der Waals surface area contributed by atoms with Gasteiger partial charge in [0.25, 0.3) is 5.91 Å². The van der Waals surface area contributed by atoms with Crippen molar-refractivity contribution in [2.24, 2.45) is 5.92 Å². The summed E-state index contributed by atoms with van der Waals surface area (Å²) in [5, 5.41) is 14.0. The fraction of sp³-hybridized carbons (Fsp3) is 0.296. The van der Waals surface area contributed by atoms with Gasteiger partial charge in [-0.2, -0.15) is 0 Å². The van der Waals surface area contributed by atoms with Gasteiger partial charge in [0.15, 0.2) is 0 Å². The van der Waals surface area contributed by atoms with Gasteiger partial charge in [0, 0.05) is 23.9 Å². The average Bonchev–Trinajstić information content (AvgIpc) is 3.52. The molecule has 2 heterocycles. The third-order valence-electron chi connectivity index (χ3n) is 6.76. The molecule has 1 aromatic heterocycles. The summed E-state index contributed by atoms with van der Waals surface area (Å²) in [4.78, 5) is 39.9. The second-order valence-electron chi connectivity index (χ2n) is 8.88. The normalized spacial score (nSPS) is 17.8. The largest absolute Gasteiger partial charge is 0.481 e. The van der Waals surface area contributed by atoms with Crippen LogP contribution in [0.1, 0.15) is 40.8 Å². The first-order valence-corrected chi connectivity index (χ1v) is 12.6. The number of carbonyl (C=O) groups excluding carboxylic acids is 2. The second kappa shape index (κ2) is 9.92. The second-order valence-corrected chi connectivity index (χ2v) is 9.86. The highest BCUT2D eigenvalue weighted by molar-refractivity contribution is 7.10. The van der Waals surface area contributed by atoms with Crippen LogP contribution in [0.4, 0.5) is 4.79 Å². The maximum absolute atomic E-state index is 13.4. The SMILES string of the molecule is O=C(NC(C(=O)N1CCCC(C(=O)O)C1)c1cccs1)OCC1c2ccccc2-c2ccccc21. The van der Waals surface area contributed by atoms with Crippen molar-refractivity contribution < 1.29 is 24.2 Å². The van der Waals surface area contributed by atoms with Gasteiger partial charge in [0.1, 0.15) is 12.6 Å². The third-order valence-corrected chi connectivity index (χ3v) is 7.70. The Kier molecular flexibility index (Phi) is 6.55. The van der Waals surface area contributed by atoms with Crippen molar-refractivity contribution in [3.63, 3.8) is 0 Å². The Morgan fingerprint density at radius 3 is 2.34 bits per heavy atom. The average molecular weight is 491 g/mol. The summed E-state index contributed by atoms with van der Waals surface area (Å²) in [5.41, 5.74) is 4.50. The number of piperidine rings is 1. The summed E-state index contributed by atoms with van der Waals surface area (Å²) >= 11 is 1.36. The molecule has 2 aromatic carbocycles. The molecule has 2 aliphatic rings. The topological polar surface area (TPSA) is 95.9 Å². The van der Waals surface area contributed by atoms with E-state index in [1.165, 1.54) is 16.2 Å². The highest BCUT2D eigenvalue weighted by Gasteiger charge is 2.35. The van der Waals surface area contributed by atoms with E-state index in [4.69, 9.17) is 4.74 Å². The fourth-order valence-corrected chi connectivity index (χ4v) is 5.80. The molecule has 8 heteroatoms. The van der Waals surface area contributed by atoms with Gasteiger partial charge in [-0.1, -0.05) is 54.6 Å². The molecule has 0 bridgehead atoms. The van der Waals surface area contributed by atoms with Crippen LogP contribution >= 0.6 is 11.3 Å². The number of alkyl carbamates (subject to hydrolysis) is 1. The molecule has 1 fully saturated rings. The van der Waals surface area contributed by atoms with E-state index in [1.54, 1.807) is 6.07 Å². The van der Waals surface area contributed by atoms with Crippen LogP contribution in [0.5, 0.6) is 0 Å². The first-order valence-electron chi connectivity index (χ1n) is 11.7. The van der Waals surface area contributed by atoms with Crippen molar-refractivity contribution in [2.45, 2.75) is 24.8 Å². The lowest BCUT2D eigenvalue weighted by atomic mass is 9.97. The lowest BCUT2D eigenvalue weighted by Crippen LogP contribution is -2.48. The molecule has 1 aliphatic carbocycles. The zero-order valence-corrected chi connectivity index (χ0v) is 19.9. The van der Waals surface area contributed by atoms with Crippen molar-refractivity contribution in [1.29, 1.82) is 0 Å². The van der Waals surface area contributed by atoms with Gasteiger partial charge in [0.05, 0.1) is 5.92 Å². The first kappa shape index (κ1) is 23.1. The van der Waals surface area contributed by atoms with Crippen LogP contribution in [0, 0.1) is 5.92 Å². The molecular weight excluding hydrogens is 464 g/mol. The number of aliphatic carboxylic acids is 1. The summed E-state index contributed by atoms with van der Waals surface area (Å²) < 4.78 is 5.65. The van der Waals surface area contributed by atoms with Crippen molar-refractivity contribution in [1.82, 2.24) is 10.2 Å². The molecule has 0 radical (unpaired) electrons. The Hall–Kier alpha value is -3.65. The van der Waals surface area contributed by atoms with Gasteiger partial charge >= 0.3 is 12.1 Å². The minimum absolute atomic E-state index is 0.0811. The van der Waals surface area contributed by atoms with E-state index >= 15 is 0 Å². The molecule has 1 aliphatic heterocycles. The molecule has 2 atom stereocenters. The zero-order chi connectivity index (χ0) is 24.4. The maximum Gasteiger partial charge on any atom is 0.408 e. The number of ether oxygens (including phenoxy) is 1. The van der Waals surface area contributed by atoms with Gasteiger partial charge in [-0.05, 0) is 46.5 Å². The van der Waals surface area contributed by atoms with E-state index in [2.05, 4.69) is 29.6 Å². The van der Waals surface area contributed by atoms with E-state index in [-0.39, 0.29) is 25.0 Å². The molecule has 5 rings (SSSR count). The number of hydrogen-bond donors (Lipinski definition) is 2. The van der Waals surface area contributed by atoms with E-state index < -0.39 is 24.0 Å². The van der Waals surface area contributed by atoms with Crippen molar-refractivity contribution in [2.75, 3.05) is 19.7 Å². The number of rotatable bonds is 6. The van der Waals surface area contributed by atoms with Crippen LogP contribution in [-0.2, 0) is 14.3 Å². The maximum atomic E-state index is 13.4. The lowest BCUT2D eigenvalue weighted by Gasteiger charge is -2.33. The van der Waals surface area contributed by atoms with Gasteiger partial charge in [-0.3, -0.25) is 9.59 Å². The van der Waals surface area contributed by atoms with Crippen LogP contribution in [0.25, 0.3) is 11.1 Å². The van der Waals surface area contributed by atoms with Gasteiger partial charge in [0.2, 0.25) is 0 Å². The monoisotopic (exact) mass is 490 g/mol. The number of nitrogens with one attached hydrogen (secondary N) is 1. The van der Waals surface area contributed by atoms with Gasteiger partial charge < -0.3 is 20.1 Å². The quantitative estimate of drug-likeness (QED) is 0.524. The summed E-state index contributed by atoms with van der Waals surface area (Å²) in [5.74, 6) is -1.89. The third kappa shape index (κ3) is 4.66. The van der Waals surface area contributed by atoms with Gasteiger partial charge in [-0.25, -0.2) is 4.79 Å². The number of carbonyl (C=O) groups is 3. The van der Waals surface area contributed by atoms with E-state index in [0.717, 1.165) is 22.3 Å². The van der Waals surface area contributed by atoms with Crippen LogP contribution < -0.4 is 5.32 Å². The smallest absolute Gasteiger partial charge is 0.408 e. The molecule has 0 saturated carbocycles. The lowest BCUT2D eigenvalue weighted by molar-refractivity contribution is -0.146. The number of likely N-dealkylation sites (tertiary alicyclic amines) is 1. The number of hydrogen-bond acceptors (Lipinski definition) is 5. The summed E-state index contributed by atoms with van der Waals surface area (Å²) in [7, 11) is 0. The molecule has 2 unspecified atom stereocenters. The Bertz CT molecular complexity index is 1200. The minimum atomic E-state index is -0.918. The Labute approximate surface area is 207 Å². The number of carboxylic acids is 1. The van der Waals surface area contributed by atoms with Crippen molar-refractivity contribution in [3.05, 3.63) is 82.0 Å². The summed E-state index contributed by atoms with van der Waals surface area (Å²) in [6.45, 7) is 0.759. The van der Waals surface area contributed by atoms with E-state index in [9.17, 15) is 19.5 Å². The number of amides is 2. The molecule has 3 aromatic rings. The molecule has 2 N–H and O–H groups in total. The van der Waals surface area contributed by atoms with Crippen molar-refractivity contribution in [3.8, 4) is 11.1 Å². The first-order chi connectivity index (χ1) is 17.0. The van der Waals surface area contributed by atoms with Gasteiger partial charge in [-0.15, -0.1) is 11.3 Å². The fourth-order valence-electron chi connectivity index (χ4n) is 5.03. The molecule has 35 heavy (non-hydrogen) atoms. The number of nitrogens with zero attached hydrogens (tertiary/aromatic N) is 1. The number of benzene rings is 2. The highest BCUT2D eigenvalue weighted by Crippen LogP contribution is 2.44. The minimum Gasteiger partial charge on any atom is -0.481 e. The van der Waals surface area contributed by atoms with Crippen LogP contribution in [-0.4, -0.2) is 47.7 Å². The predicted molar refractivity (Wildman–Crippen MR) is 132 cm³/mol. The molecule has 180 valence electrons. The molecule has 0 spiro atoms. The van der Waals surface area contributed by atoms with Crippen LogP contribution in [0.2, 0.25) is 0 Å². The van der Waals surface area contributed by atoms with Crippen molar-refractivity contribution >= 4 is 29.3 Å². The summed E-state index contributed by atoms with van der Waals surface area (Å²) in [6.07, 6.45) is 0.485. The highest BCUT2D eigenvalue weighted by atomic mass is 32.1.